The summed E-state index contributed by atoms with van der Waals surface area (Å²) in [6.07, 6.45) is 0. The van der Waals surface area contributed by atoms with Crippen molar-refractivity contribution in [1.82, 2.24) is 5.32 Å². The Hall–Kier alpha value is -1.32. The van der Waals surface area contributed by atoms with Crippen LogP contribution in [-0.4, -0.2) is 6.04 Å². The molecule has 0 unspecified atom stereocenters. The molecule has 0 fully saturated rings. The third-order valence-electron chi connectivity index (χ3n) is 3.31. The summed E-state index contributed by atoms with van der Waals surface area (Å²) in [5.74, 6) is 1.79. The Morgan fingerprint density at radius 1 is 1.10 bits per heavy atom. The highest BCUT2D eigenvalue weighted by atomic mass is 79.9. The number of benzene rings is 2. The minimum atomic E-state index is 0.454. The molecule has 0 saturated heterocycles. The second kappa shape index (κ2) is 7.10. The normalized spacial score (nSPS) is 11.0. The van der Waals surface area contributed by atoms with Crippen LogP contribution in [0.25, 0.3) is 0 Å². The minimum absolute atomic E-state index is 0.454. The Bertz CT molecular complexity index is 599. The number of nitrogens with one attached hydrogen (secondary N) is 1. The molecule has 0 aliphatic carbocycles. The zero-order valence-corrected chi connectivity index (χ0v) is 14.6. The predicted molar refractivity (Wildman–Crippen MR) is 92.1 cm³/mol. The van der Waals surface area contributed by atoms with Crippen LogP contribution in [0.2, 0.25) is 0 Å². The predicted octanol–water partition coefficient (Wildman–Crippen LogP) is 5.36. The van der Waals surface area contributed by atoms with Crippen LogP contribution in [0.1, 0.15) is 30.5 Å². The first kappa shape index (κ1) is 16.1. The standard InChI is InChI=1S/C18H22BrNO/c1-12(2)20-11-15-7-5-6-8-17(15)21-16-9-13(3)18(19)14(4)10-16/h5-10,12,20H,11H2,1-4H3. The first-order valence-electron chi connectivity index (χ1n) is 7.23. The molecule has 112 valence electrons. The highest BCUT2D eigenvalue weighted by Crippen LogP contribution is 2.30. The molecule has 2 aromatic carbocycles. The molecule has 0 spiro atoms. The van der Waals surface area contributed by atoms with E-state index in [-0.39, 0.29) is 0 Å². The van der Waals surface area contributed by atoms with E-state index in [0.29, 0.717) is 6.04 Å². The molecule has 2 rings (SSSR count). The van der Waals surface area contributed by atoms with Crippen molar-refractivity contribution in [2.24, 2.45) is 0 Å². The fourth-order valence-corrected chi connectivity index (χ4v) is 2.38. The van der Waals surface area contributed by atoms with Crippen LogP contribution in [0.4, 0.5) is 0 Å². The largest absolute Gasteiger partial charge is 0.457 e. The van der Waals surface area contributed by atoms with Crippen molar-refractivity contribution in [3.63, 3.8) is 0 Å². The maximum atomic E-state index is 6.10. The molecule has 3 heteroatoms. The number of halogens is 1. The van der Waals surface area contributed by atoms with Gasteiger partial charge in [0.1, 0.15) is 11.5 Å². The van der Waals surface area contributed by atoms with Gasteiger partial charge in [-0.1, -0.05) is 48.0 Å². The summed E-state index contributed by atoms with van der Waals surface area (Å²) < 4.78 is 7.24. The minimum Gasteiger partial charge on any atom is -0.457 e. The molecular weight excluding hydrogens is 326 g/mol. The van der Waals surface area contributed by atoms with Gasteiger partial charge >= 0.3 is 0 Å². The zero-order valence-electron chi connectivity index (χ0n) is 13.0. The molecule has 2 aromatic rings. The molecule has 0 bridgehead atoms. The van der Waals surface area contributed by atoms with Gasteiger partial charge in [-0.25, -0.2) is 0 Å². The van der Waals surface area contributed by atoms with Gasteiger partial charge in [-0.3, -0.25) is 0 Å². The van der Waals surface area contributed by atoms with Crippen molar-refractivity contribution in [1.29, 1.82) is 0 Å². The summed E-state index contributed by atoms with van der Waals surface area (Å²) in [5.41, 5.74) is 3.54. The number of rotatable bonds is 5. The van der Waals surface area contributed by atoms with Gasteiger partial charge < -0.3 is 10.1 Å². The van der Waals surface area contributed by atoms with E-state index in [0.717, 1.165) is 22.5 Å². The van der Waals surface area contributed by atoms with Crippen molar-refractivity contribution in [2.75, 3.05) is 0 Å². The zero-order chi connectivity index (χ0) is 15.4. The smallest absolute Gasteiger partial charge is 0.131 e. The number of ether oxygens (including phenoxy) is 1. The maximum Gasteiger partial charge on any atom is 0.131 e. The number of hydrogen-bond donors (Lipinski definition) is 1. The van der Waals surface area contributed by atoms with Gasteiger partial charge in [0.25, 0.3) is 0 Å². The van der Waals surface area contributed by atoms with E-state index in [2.05, 4.69) is 67.1 Å². The molecule has 0 saturated carbocycles. The van der Waals surface area contributed by atoms with Crippen molar-refractivity contribution in [3.8, 4) is 11.5 Å². The third-order valence-corrected chi connectivity index (χ3v) is 4.56. The Labute approximate surface area is 135 Å². The summed E-state index contributed by atoms with van der Waals surface area (Å²) in [6, 6.07) is 12.7. The average molecular weight is 348 g/mol. The lowest BCUT2D eigenvalue weighted by molar-refractivity contribution is 0.468. The lowest BCUT2D eigenvalue weighted by Crippen LogP contribution is -2.22. The SMILES string of the molecule is Cc1cc(Oc2ccccc2CNC(C)C)cc(C)c1Br. The fourth-order valence-electron chi connectivity index (χ4n) is 2.16. The molecule has 0 amide bonds. The van der Waals surface area contributed by atoms with Gasteiger partial charge in [0, 0.05) is 22.6 Å². The van der Waals surface area contributed by atoms with E-state index in [1.54, 1.807) is 0 Å². The number of hydrogen-bond acceptors (Lipinski definition) is 2. The van der Waals surface area contributed by atoms with Crippen LogP contribution in [0.5, 0.6) is 11.5 Å². The van der Waals surface area contributed by atoms with Gasteiger partial charge in [0.15, 0.2) is 0 Å². The molecule has 0 aromatic heterocycles. The molecule has 0 aliphatic heterocycles. The summed E-state index contributed by atoms with van der Waals surface area (Å²) in [4.78, 5) is 0. The second-order valence-electron chi connectivity index (χ2n) is 5.62. The highest BCUT2D eigenvalue weighted by Gasteiger charge is 2.08. The molecule has 0 radical (unpaired) electrons. The van der Waals surface area contributed by atoms with Crippen LogP contribution in [0.15, 0.2) is 40.9 Å². The van der Waals surface area contributed by atoms with E-state index in [4.69, 9.17) is 4.74 Å². The van der Waals surface area contributed by atoms with Gasteiger partial charge in [0.05, 0.1) is 0 Å². The van der Waals surface area contributed by atoms with Crippen LogP contribution in [0, 0.1) is 13.8 Å². The topological polar surface area (TPSA) is 21.3 Å². The lowest BCUT2D eigenvalue weighted by atomic mass is 10.1. The number of aryl methyl sites for hydroxylation is 2. The summed E-state index contributed by atoms with van der Waals surface area (Å²) in [7, 11) is 0. The Kier molecular flexibility index (Phi) is 5.43. The molecule has 0 heterocycles. The monoisotopic (exact) mass is 347 g/mol. The Balaban J connectivity index is 2.23. The van der Waals surface area contributed by atoms with E-state index >= 15 is 0 Å². The van der Waals surface area contributed by atoms with Crippen molar-refractivity contribution < 1.29 is 4.74 Å². The highest BCUT2D eigenvalue weighted by molar-refractivity contribution is 9.10. The van der Waals surface area contributed by atoms with Crippen LogP contribution >= 0.6 is 15.9 Å². The molecule has 21 heavy (non-hydrogen) atoms. The van der Waals surface area contributed by atoms with E-state index in [1.165, 1.54) is 16.7 Å². The summed E-state index contributed by atoms with van der Waals surface area (Å²) in [5, 5.41) is 3.43. The quantitative estimate of drug-likeness (QED) is 0.786. The Morgan fingerprint density at radius 2 is 1.71 bits per heavy atom. The van der Waals surface area contributed by atoms with Gasteiger partial charge in [0.2, 0.25) is 0 Å². The van der Waals surface area contributed by atoms with E-state index in [9.17, 15) is 0 Å². The van der Waals surface area contributed by atoms with Crippen LogP contribution in [0.3, 0.4) is 0 Å². The third kappa shape index (κ3) is 4.32. The van der Waals surface area contributed by atoms with Gasteiger partial charge in [-0.2, -0.15) is 0 Å². The van der Waals surface area contributed by atoms with Crippen molar-refractivity contribution in [3.05, 3.63) is 57.6 Å². The molecular formula is C18H22BrNO. The molecule has 2 nitrogen and oxygen atoms in total. The first-order valence-corrected chi connectivity index (χ1v) is 8.02. The first-order chi connectivity index (χ1) is 9.97. The summed E-state index contributed by atoms with van der Waals surface area (Å²) >= 11 is 3.59. The average Bonchev–Trinajstić information content (AvgIpc) is 2.43. The van der Waals surface area contributed by atoms with E-state index < -0.39 is 0 Å². The van der Waals surface area contributed by atoms with Gasteiger partial charge in [-0.05, 0) is 43.2 Å². The van der Waals surface area contributed by atoms with Crippen molar-refractivity contribution >= 4 is 15.9 Å². The second-order valence-corrected chi connectivity index (χ2v) is 6.41. The van der Waals surface area contributed by atoms with Crippen molar-refractivity contribution in [2.45, 2.75) is 40.3 Å². The maximum absolute atomic E-state index is 6.10. The molecule has 1 N–H and O–H groups in total. The fraction of sp³-hybridized carbons (Fsp3) is 0.333. The summed E-state index contributed by atoms with van der Waals surface area (Å²) in [6.45, 7) is 9.25. The molecule has 0 atom stereocenters. The lowest BCUT2D eigenvalue weighted by Gasteiger charge is -2.14. The Morgan fingerprint density at radius 3 is 2.33 bits per heavy atom. The van der Waals surface area contributed by atoms with Crippen LogP contribution in [-0.2, 0) is 6.54 Å². The van der Waals surface area contributed by atoms with Crippen LogP contribution < -0.4 is 10.1 Å². The molecule has 0 aliphatic rings. The van der Waals surface area contributed by atoms with E-state index in [1.807, 2.05) is 18.2 Å². The number of para-hydroxylation sites is 1. The van der Waals surface area contributed by atoms with Gasteiger partial charge in [-0.15, -0.1) is 0 Å².